The molecule has 0 spiro atoms. The molecule has 8 aromatic carbocycles. The minimum Gasteiger partial charge on any atom is -0.452 e. The van der Waals surface area contributed by atoms with Crippen LogP contribution in [0.25, 0.3) is 127 Å². The Morgan fingerprint density at radius 2 is 1.02 bits per heavy atom. The summed E-state index contributed by atoms with van der Waals surface area (Å²) in [6.07, 6.45) is 0. The zero-order chi connectivity index (χ0) is 41.4. The van der Waals surface area contributed by atoms with Crippen molar-refractivity contribution in [3.63, 3.8) is 0 Å². The summed E-state index contributed by atoms with van der Waals surface area (Å²) >= 11 is 1.74. The van der Waals surface area contributed by atoms with E-state index in [0.717, 1.165) is 92.3 Å². The van der Waals surface area contributed by atoms with Gasteiger partial charge in [0.25, 0.3) is 0 Å². The van der Waals surface area contributed by atoms with Gasteiger partial charge in [-0.1, -0.05) is 140 Å². The zero-order valence-corrected chi connectivity index (χ0v) is 34.3. The molecule has 0 aliphatic rings. The van der Waals surface area contributed by atoms with Crippen LogP contribution in [0.1, 0.15) is 0 Å². The van der Waals surface area contributed by atoms with E-state index in [1.54, 1.807) is 11.3 Å². The topological polar surface area (TPSA) is 82.5 Å². The van der Waals surface area contributed by atoms with Gasteiger partial charge in [0, 0.05) is 69.8 Å². The lowest BCUT2D eigenvalue weighted by Gasteiger charge is -2.10. The largest absolute Gasteiger partial charge is 0.452 e. The summed E-state index contributed by atoms with van der Waals surface area (Å²) < 4.78 is 11.1. The van der Waals surface area contributed by atoms with Crippen LogP contribution in [-0.2, 0) is 0 Å². The van der Waals surface area contributed by atoms with Crippen molar-refractivity contribution < 1.29 is 4.42 Å². The highest BCUT2D eigenvalue weighted by molar-refractivity contribution is 7.26. The second-order valence-electron chi connectivity index (χ2n) is 15.6. The highest BCUT2D eigenvalue weighted by Gasteiger charge is 2.23. The molecular weight excluding hydrogens is 793 g/mol. The lowest BCUT2D eigenvalue weighted by Crippen LogP contribution is -2.00. The fourth-order valence-electron chi connectivity index (χ4n) is 9.02. The van der Waals surface area contributed by atoms with Crippen molar-refractivity contribution in [1.29, 1.82) is 0 Å². The molecule has 294 valence electrons. The Morgan fingerprint density at radius 3 is 1.81 bits per heavy atom. The van der Waals surface area contributed by atoms with Crippen molar-refractivity contribution in [1.82, 2.24) is 29.5 Å². The van der Waals surface area contributed by atoms with E-state index in [9.17, 15) is 0 Å². The third kappa shape index (κ3) is 5.69. The van der Waals surface area contributed by atoms with Crippen LogP contribution in [0.15, 0.2) is 199 Å². The Kier molecular flexibility index (Phi) is 7.94. The zero-order valence-electron chi connectivity index (χ0n) is 33.5. The Morgan fingerprint density at radius 1 is 0.413 bits per heavy atom. The minimum atomic E-state index is 0.606. The third-order valence-electron chi connectivity index (χ3n) is 11.9. The van der Waals surface area contributed by atoms with Crippen LogP contribution in [0.4, 0.5) is 0 Å². The average molecular weight is 825 g/mol. The van der Waals surface area contributed by atoms with Crippen LogP contribution >= 0.6 is 11.3 Å². The van der Waals surface area contributed by atoms with Crippen LogP contribution in [0.2, 0.25) is 0 Å². The van der Waals surface area contributed by atoms with Crippen LogP contribution < -0.4 is 0 Å². The predicted octanol–water partition coefficient (Wildman–Crippen LogP) is 14.4. The van der Waals surface area contributed by atoms with Crippen molar-refractivity contribution in [2.24, 2.45) is 0 Å². The second kappa shape index (κ2) is 14.1. The van der Waals surface area contributed by atoms with Crippen LogP contribution in [0.5, 0.6) is 0 Å². The maximum Gasteiger partial charge on any atom is 0.180 e. The number of aromatic nitrogens is 6. The summed E-state index contributed by atoms with van der Waals surface area (Å²) in [6.45, 7) is 0. The van der Waals surface area contributed by atoms with Crippen LogP contribution in [-0.4, -0.2) is 29.5 Å². The lowest BCUT2D eigenvalue weighted by atomic mass is 10.0. The van der Waals surface area contributed by atoms with E-state index in [1.165, 1.54) is 5.39 Å². The summed E-state index contributed by atoms with van der Waals surface area (Å²) in [7, 11) is 0. The highest BCUT2D eigenvalue weighted by Crippen LogP contribution is 2.46. The number of hydrogen-bond donors (Lipinski definition) is 0. The fourth-order valence-corrected chi connectivity index (χ4v) is 10.3. The van der Waals surface area contributed by atoms with E-state index < -0.39 is 0 Å². The number of thiophene rings is 1. The van der Waals surface area contributed by atoms with E-state index in [-0.39, 0.29) is 0 Å². The van der Waals surface area contributed by atoms with Gasteiger partial charge in [-0.25, -0.2) is 24.9 Å². The van der Waals surface area contributed by atoms with E-state index in [2.05, 4.69) is 132 Å². The molecule has 0 radical (unpaired) electrons. The van der Waals surface area contributed by atoms with Gasteiger partial charge in [-0.2, -0.15) is 0 Å². The van der Waals surface area contributed by atoms with Gasteiger partial charge < -0.3 is 8.98 Å². The first-order chi connectivity index (χ1) is 31.2. The molecule has 5 aromatic heterocycles. The highest BCUT2D eigenvalue weighted by atomic mass is 32.1. The van der Waals surface area contributed by atoms with Crippen molar-refractivity contribution in [3.8, 4) is 62.5 Å². The molecule has 0 aliphatic carbocycles. The predicted molar refractivity (Wildman–Crippen MR) is 257 cm³/mol. The van der Waals surface area contributed by atoms with E-state index in [0.29, 0.717) is 28.9 Å². The van der Waals surface area contributed by atoms with Gasteiger partial charge in [0.15, 0.2) is 28.9 Å². The molecule has 0 saturated heterocycles. The van der Waals surface area contributed by atoms with Gasteiger partial charge in [-0.15, -0.1) is 11.3 Å². The Hall–Kier alpha value is -8.33. The molecule has 5 heterocycles. The van der Waals surface area contributed by atoms with Crippen LogP contribution in [0.3, 0.4) is 0 Å². The molecule has 0 aliphatic heterocycles. The summed E-state index contributed by atoms with van der Waals surface area (Å²) in [5, 5.41) is 5.42. The average Bonchev–Trinajstić information content (AvgIpc) is 4.04. The number of rotatable bonds is 6. The Labute approximate surface area is 364 Å². The summed E-state index contributed by atoms with van der Waals surface area (Å²) in [5.74, 6) is 2.48. The molecule has 63 heavy (non-hydrogen) atoms. The smallest absolute Gasteiger partial charge is 0.180 e. The van der Waals surface area contributed by atoms with Crippen LogP contribution in [0, 0.1) is 0 Å². The fraction of sp³-hybridized carbons (Fsp3) is 0. The van der Waals surface area contributed by atoms with Crippen molar-refractivity contribution >= 4 is 75.4 Å². The van der Waals surface area contributed by atoms with E-state index in [1.807, 2.05) is 66.7 Å². The van der Waals surface area contributed by atoms with Gasteiger partial charge in [-0.05, 0) is 54.6 Å². The number of furan rings is 1. The second-order valence-corrected chi connectivity index (χ2v) is 16.6. The van der Waals surface area contributed by atoms with Gasteiger partial charge >= 0.3 is 0 Å². The molecule has 8 heteroatoms. The standard InChI is InChI=1S/C55H32N6OS/c1-4-16-33(17-5-1)52-56-48-38-23-11-13-28-45(38)62-50(48)49(57-52)41-26-14-24-39-47-40(25-15-29-46(47)63-51(39)41)55-59-53(34-18-6-2-7-19-34)58-54(60-55)35-30-31-44-42(32-35)37-22-10-12-27-43(37)61(44)36-20-8-3-9-21-36/h1-32H. The molecule has 0 N–H and O–H groups in total. The van der Waals surface area contributed by atoms with Crippen molar-refractivity contribution in [3.05, 3.63) is 194 Å². The van der Waals surface area contributed by atoms with Gasteiger partial charge in [0.05, 0.1) is 11.0 Å². The Bertz CT molecular complexity index is 3910. The first-order valence-electron chi connectivity index (χ1n) is 20.8. The molecule has 0 fully saturated rings. The van der Waals surface area contributed by atoms with Gasteiger partial charge in [0.2, 0.25) is 0 Å². The third-order valence-corrected chi connectivity index (χ3v) is 13.1. The van der Waals surface area contributed by atoms with Gasteiger partial charge in [-0.3, -0.25) is 0 Å². The molecule has 0 atom stereocenters. The summed E-state index contributed by atoms with van der Waals surface area (Å²) in [5.41, 5.74) is 11.1. The summed E-state index contributed by atoms with van der Waals surface area (Å²) in [4.78, 5) is 26.0. The van der Waals surface area contributed by atoms with E-state index in [4.69, 9.17) is 29.3 Å². The Balaban J connectivity index is 1.03. The molecule has 13 aromatic rings. The quantitative estimate of drug-likeness (QED) is 0.166. The minimum absolute atomic E-state index is 0.606. The molecule has 0 saturated carbocycles. The van der Waals surface area contributed by atoms with Gasteiger partial charge in [0.1, 0.15) is 16.8 Å². The normalized spacial score (nSPS) is 11.8. The number of fused-ring (bicyclic) bond motifs is 9. The molecule has 0 unspecified atom stereocenters. The first kappa shape index (κ1) is 35.4. The summed E-state index contributed by atoms with van der Waals surface area (Å²) in [6, 6.07) is 66.8. The number of benzene rings is 8. The molecule has 0 bridgehead atoms. The SMILES string of the molecule is c1ccc(-c2nc(-c3ccc4c(c3)c3ccccc3n4-c3ccccc3)nc(-c3cccc4sc5c(-c6nc(-c7ccccc7)nc7c6oc6ccccc67)cccc5c34)n2)cc1. The molecule has 7 nitrogen and oxygen atoms in total. The lowest BCUT2D eigenvalue weighted by molar-refractivity contribution is 0.667. The number of nitrogens with zero attached hydrogens (tertiary/aromatic N) is 6. The molecule has 0 amide bonds. The van der Waals surface area contributed by atoms with Crippen molar-refractivity contribution in [2.75, 3.05) is 0 Å². The van der Waals surface area contributed by atoms with Crippen molar-refractivity contribution in [2.45, 2.75) is 0 Å². The maximum atomic E-state index is 6.58. The van der Waals surface area contributed by atoms with E-state index >= 15 is 0 Å². The number of para-hydroxylation sites is 3. The maximum absolute atomic E-state index is 6.58. The first-order valence-corrected chi connectivity index (χ1v) is 21.7. The number of hydrogen-bond acceptors (Lipinski definition) is 7. The molecule has 13 rings (SSSR count). The molecular formula is C55H32N6OS. The monoisotopic (exact) mass is 824 g/mol.